The Balaban J connectivity index is 1.63. The molecule has 0 saturated carbocycles. The average Bonchev–Trinajstić information content (AvgIpc) is 3.11. The van der Waals surface area contributed by atoms with Crippen LogP contribution in [0.2, 0.25) is 0 Å². The Morgan fingerprint density at radius 2 is 2.04 bits per heavy atom. The van der Waals surface area contributed by atoms with E-state index in [1.54, 1.807) is 4.90 Å². The van der Waals surface area contributed by atoms with E-state index in [1.165, 1.54) is 0 Å². The summed E-state index contributed by atoms with van der Waals surface area (Å²) < 4.78 is 5.28. The SMILES string of the molecule is CN(C)CC(=O)N1CCC[C@H](c2cc(C(=O)N3CCOCC3)n[nH]2)C1. The first-order chi connectivity index (χ1) is 12.0. The molecule has 2 fully saturated rings. The van der Waals surface area contributed by atoms with E-state index in [2.05, 4.69) is 10.2 Å². The highest BCUT2D eigenvalue weighted by atomic mass is 16.5. The van der Waals surface area contributed by atoms with Gasteiger partial charge in [0.2, 0.25) is 5.91 Å². The van der Waals surface area contributed by atoms with Crippen LogP contribution in [-0.2, 0) is 9.53 Å². The van der Waals surface area contributed by atoms with Gasteiger partial charge in [-0.15, -0.1) is 0 Å². The van der Waals surface area contributed by atoms with Crippen molar-refractivity contribution in [3.05, 3.63) is 17.5 Å². The summed E-state index contributed by atoms with van der Waals surface area (Å²) >= 11 is 0. The molecule has 2 aliphatic rings. The highest BCUT2D eigenvalue weighted by Crippen LogP contribution is 2.26. The van der Waals surface area contributed by atoms with Gasteiger partial charge in [-0.05, 0) is 33.0 Å². The highest BCUT2D eigenvalue weighted by Gasteiger charge is 2.28. The Morgan fingerprint density at radius 1 is 1.28 bits per heavy atom. The number of nitrogens with zero attached hydrogens (tertiary/aromatic N) is 4. The normalized spacial score (nSPS) is 21.6. The first kappa shape index (κ1) is 17.9. The van der Waals surface area contributed by atoms with Crippen molar-refractivity contribution in [2.45, 2.75) is 18.8 Å². The maximum atomic E-state index is 12.5. The van der Waals surface area contributed by atoms with Gasteiger partial charge in [0, 0.05) is 37.8 Å². The lowest BCUT2D eigenvalue weighted by atomic mass is 9.94. The zero-order chi connectivity index (χ0) is 17.8. The molecule has 2 saturated heterocycles. The van der Waals surface area contributed by atoms with Crippen molar-refractivity contribution in [2.24, 2.45) is 0 Å². The summed E-state index contributed by atoms with van der Waals surface area (Å²) in [5, 5.41) is 7.23. The van der Waals surface area contributed by atoms with E-state index in [1.807, 2.05) is 30.0 Å². The van der Waals surface area contributed by atoms with Crippen LogP contribution >= 0.6 is 0 Å². The second kappa shape index (κ2) is 7.97. The van der Waals surface area contributed by atoms with Gasteiger partial charge in [-0.2, -0.15) is 5.10 Å². The van der Waals surface area contributed by atoms with Gasteiger partial charge in [0.15, 0.2) is 0 Å². The molecule has 3 heterocycles. The lowest BCUT2D eigenvalue weighted by Crippen LogP contribution is -2.43. The lowest BCUT2D eigenvalue weighted by Gasteiger charge is -2.33. The van der Waals surface area contributed by atoms with Crippen LogP contribution in [0.3, 0.4) is 0 Å². The van der Waals surface area contributed by atoms with E-state index in [9.17, 15) is 9.59 Å². The van der Waals surface area contributed by atoms with Crippen LogP contribution in [0, 0.1) is 0 Å². The Hall–Kier alpha value is -1.93. The molecule has 3 rings (SSSR count). The molecule has 8 heteroatoms. The average molecular weight is 349 g/mol. The molecule has 0 bridgehead atoms. The number of likely N-dealkylation sites (tertiary alicyclic amines) is 1. The van der Waals surface area contributed by atoms with Gasteiger partial charge in [0.05, 0.1) is 19.8 Å². The maximum Gasteiger partial charge on any atom is 0.274 e. The number of H-pyrrole nitrogens is 1. The molecule has 138 valence electrons. The Morgan fingerprint density at radius 3 is 2.76 bits per heavy atom. The molecule has 1 aromatic rings. The molecule has 1 N–H and O–H groups in total. The Labute approximate surface area is 148 Å². The van der Waals surface area contributed by atoms with E-state index in [0.717, 1.165) is 25.1 Å². The van der Waals surface area contributed by atoms with Crippen molar-refractivity contribution < 1.29 is 14.3 Å². The van der Waals surface area contributed by atoms with Crippen molar-refractivity contribution in [2.75, 3.05) is 60.0 Å². The van der Waals surface area contributed by atoms with Gasteiger partial charge < -0.3 is 19.4 Å². The van der Waals surface area contributed by atoms with Crippen molar-refractivity contribution >= 4 is 11.8 Å². The van der Waals surface area contributed by atoms with E-state index in [4.69, 9.17) is 4.74 Å². The monoisotopic (exact) mass is 349 g/mol. The van der Waals surface area contributed by atoms with E-state index in [-0.39, 0.29) is 17.7 Å². The highest BCUT2D eigenvalue weighted by molar-refractivity contribution is 5.92. The van der Waals surface area contributed by atoms with Gasteiger partial charge in [-0.3, -0.25) is 14.7 Å². The molecule has 0 aliphatic carbocycles. The summed E-state index contributed by atoms with van der Waals surface area (Å²) in [5.41, 5.74) is 1.40. The molecular formula is C17H27N5O3. The van der Waals surface area contributed by atoms with Crippen molar-refractivity contribution in [1.29, 1.82) is 0 Å². The predicted octanol–water partition coefficient (Wildman–Crippen LogP) is 0.150. The van der Waals surface area contributed by atoms with Crippen molar-refractivity contribution in [1.82, 2.24) is 24.9 Å². The zero-order valence-corrected chi connectivity index (χ0v) is 15.0. The van der Waals surface area contributed by atoms with E-state index < -0.39 is 0 Å². The minimum absolute atomic E-state index is 0.0536. The van der Waals surface area contributed by atoms with Crippen molar-refractivity contribution in [3.63, 3.8) is 0 Å². The van der Waals surface area contributed by atoms with Crippen LogP contribution < -0.4 is 0 Å². The number of nitrogens with one attached hydrogen (secondary N) is 1. The first-order valence-electron chi connectivity index (χ1n) is 8.89. The smallest absolute Gasteiger partial charge is 0.274 e. The number of aromatic nitrogens is 2. The number of hydrogen-bond donors (Lipinski definition) is 1. The van der Waals surface area contributed by atoms with E-state index >= 15 is 0 Å². The summed E-state index contributed by atoms with van der Waals surface area (Å²) in [6.45, 7) is 4.28. The fourth-order valence-electron chi connectivity index (χ4n) is 3.41. The van der Waals surface area contributed by atoms with Crippen LogP contribution in [0.5, 0.6) is 0 Å². The van der Waals surface area contributed by atoms with Gasteiger partial charge in [0.25, 0.3) is 5.91 Å². The lowest BCUT2D eigenvalue weighted by molar-refractivity contribution is -0.133. The number of morpholine rings is 1. The second-order valence-electron chi connectivity index (χ2n) is 7.03. The number of ether oxygens (including phenoxy) is 1. The van der Waals surface area contributed by atoms with Gasteiger partial charge in [-0.1, -0.05) is 0 Å². The summed E-state index contributed by atoms with van der Waals surface area (Å²) in [6, 6.07) is 1.85. The third-order valence-corrected chi connectivity index (χ3v) is 4.78. The number of carbonyl (C=O) groups excluding carboxylic acids is 2. The number of likely N-dealkylation sites (N-methyl/N-ethyl adjacent to an activating group) is 1. The number of aromatic amines is 1. The van der Waals surface area contributed by atoms with E-state index in [0.29, 0.717) is 45.1 Å². The summed E-state index contributed by atoms with van der Waals surface area (Å²) in [5.74, 6) is 0.305. The molecule has 0 spiro atoms. The maximum absolute atomic E-state index is 12.5. The van der Waals surface area contributed by atoms with Crippen LogP contribution in [-0.4, -0.2) is 96.7 Å². The summed E-state index contributed by atoms with van der Waals surface area (Å²) in [4.78, 5) is 30.4. The molecule has 2 aliphatic heterocycles. The quantitative estimate of drug-likeness (QED) is 0.837. The number of amides is 2. The molecule has 0 radical (unpaired) electrons. The Bertz CT molecular complexity index is 609. The number of carbonyl (C=O) groups is 2. The number of piperidine rings is 1. The molecule has 1 aromatic heterocycles. The number of hydrogen-bond acceptors (Lipinski definition) is 5. The molecular weight excluding hydrogens is 322 g/mol. The number of rotatable bonds is 4. The second-order valence-corrected chi connectivity index (χ2v) is 7.03. The molecule has 0 aromatic carbocycles. The molecule has 8 nitrogen and oxygen atoms in total. The minimum atomic E-state index is -0.0536. The molecule has 0 unspecified atom stereocenters. The first-order valence-corrected chi connectivity index (χ1v) is 8.89. The molecule has 25 heavy (non-hydrogen) atoms. The zero-order valence-electron chi connectivity index (χ0n) is 15.0. The largest absolute Gasteiger partial charge is 0.378 e. The van der Waals surface area contributed by atoms with Crippen LogP contribution in [0.1, 0.15) is 34.9 Å². The van der Waals surface area contributed by atoms with Crippen LogP contribution in [0.25, 0.3) is 0 Å². The third-order valence-electron chi connectivity index (χ3n) is 4.78. The topological polar surface area (TPSA) is 81.8 Å². The van der Waals surface area contributed by atoms with Gasteiger partial charge in [0.1, 0.15) is 5.69 Å². The fourth-order valence-corrected chi connectivity index (χ4v) is 3.41. The summed E-state index contributed by atoms with van der Waals surface area (Å²) in [7, 11) is 3.80. The predicted molar refractivity (Wildman–Crippen MR) is 92.4 cm³/mol. The van der Waals surface area contributed by atoms with Crippen molar-refractivity contribution in [3.8, 4) is 0 Å². The summed E-state index contributed by atoms with van der Waals surface area (Å²) in [6.07, 6.45) is 1.97. The minimum Gasteiger partial charge on any atom is -0.378 e. The third kappa shape index (κ3) is 4.38. The fraction of sp³-hybridized carbons (Fsp3) is 0.706. The van der Waals surface area contributed by atoms with Gasteiger partial charge >= 0.3 is 0 Å². The van der Waals surface area contributed by atoms with Gasteiger partial charge in [-0.25, -0.2) is 0 Å². The molecule has 2 amide bonds. The molecule has 1 atom stereocenters. The van der Waals surface area contributed by atoms with Crippen LogP contribution in [0.15, 0.2) is 6.07 Å². The Kier molecular flexibility index (Phi) is 5.70. The van der Waals surface area contributed by atoms with Crippen LogP contribution in [0.4, 0.5) is 0 Å². The standard InChI is InChI=1S/C17H27N5O3/c1-20(2)12-16(23)22-5-3-4-13(11-22)14-10-15(19-18-14)17(24)21-6-8-25-9-7-21/h10,13H,3-9,11-12H2,1-2H3,(H,18,19)/t13-/m0/s1.